The van der Waals surface area contributed by atoms with Crippen molar-refractivity contribution in [1.82, 2.24) is 0 Å². The van der Waals surface area contributed by atoms with Crippen LogP contribution in [-0.4, -0.2) is 53.0 Å². The number of rotatable bonds is 13. The van der Waals surface area contributed by atoms with E-state index in [-0.39, 0.29) is 39.4 Å². The lowest BCUT2D eigenvalue weighted by Crippen LogP contribution is -2.49. The third-order valence-corrected chi connectivity index (χ3v) is 22.6. The lowest BCUT2D eigenvalue weighted by atomic mass is 9.61. The molecule has 0 aromatic carbocycles. The minimum Gasteiger partial charge on any atom is -0.434 e. The summed E-state index contributed by atoms with van der Waals surface area (Å²) in [5.74, 6) is 0.989. The van der Waals surface area contributed by atoms with E-state index in [0.29, 0.717) is 18.4 Å². The molecule has 0 unspecified atom stereocenters. The number of carbonyl (C=O) groups excluding carboxylic acids is 2. The van der Waals surface area contributed by atoms with E-state index in [1.54, 1.807) is 25.5 Å². The van der Waals surface area contributed by atoms with E-state index in [1.807, 2.05) is 13.0 Å². The number of unbranched alkanes of at least 4 members (excludes halogenated alkanes) is 1. The Hall–Kier alpha value is -1.75. The van der Waals surface area contributed by atoms with E-state index in [4.69, 9.17) is 18.3 Å². The maximum absolute atomic E-state index is 13.2. The highest BCUT2D eigenvalue weighted by Crippen LogP contribution is 2.59. The Bertz CT molecular complexity index is 1370. The summed E-state index contributed by atoms with van der Waals surface area (Å²) in [6.07, 6.45) is 17.0. The standard InChI is InChI=1S/C44H76O6Si2/c1-17-18-28-47-40(46)48-43(10,11)39(45)26-21-31(2)36-24-25-37-33(20-19-27-44(36,37)12)22-23-34-29-35(49-51(13,14)41(4,5)6)30-38(32(34)3)50-52(15,16)42(7,8)9/h21-23,26,31,35-38H,3,17-20,24-25,27-30H2,1-2,4-16H3/b26-21+,33-22+,34-23-/t31-,35-,36-,37+,38+,44-/m1/s1. The van der Waals surface area contributed by atoms with Crippen LogP contribution in [0.1, 0.15) is 134 Å². The van der Waals surface area contributed by atoms with E-state index in [9.17, 15) is 9.59 Å². The SMILES string of the molecule is C=C1/C(=C\C=C2/CCC[C@]3(C)[C@@H]([C@H](C)/C=C/C(=O)C(C)(C)OC(=O)OCCCC)CC[C@@H]23)C[C@@H](O[Si](C)(C)C(C)(C)C)C[C@@H]1O[Si](C)(C)C(C)(C)C. The van der Waals surface area contributed by atoms with Gasteiger partial charge in [0.2, 0.25) is 0 Å². The molecule has 0 aliphatic heterocycles. The van der Waals surface area contributed by atoms with E-state index in [0.717, 1.165) is 50.5 Å². The minimum absolute atomic E-state index is 0.0287. The van der Waals surface area contributed by atoms with Crippen LogP contribution in [0.4, 0.5) is 4.79 Å². The Balaban J connectivity index is 1.82. The largest absolute Gasteiger partial charge is 0.509 e. The van der Waals surface area contributed by atoms with Crippen molar-refractivity contribution in [2.45, 2.75) is 188 Å². The molecule has 0 heterocycles. The maximum Gasteiger partial charge on any atom is 0.509 e. The molecule has 0 amide bonds. The Labute approximate surface area is 320 Å². The summed E-state index contributed by atoms with van der Waals surface area (Å²) in [4.78, 5) is 25.3. The van der Waals surface area contributed by atoms with Gasteiger partial charge in [-0.05, 0) is 135 Å². The van der Waals surface area contributed by atoms with E-state index >= 15 is 0 Å². The second kappa shape index (κ2) is 17.0. The van der Waals surface area contributed by atoms with E-state index in [1.165, 1.54) is 18.4 Å². The van der Waals surface area contributed by atoms with Crippen molar-refractivity contribution < 1.29 is 27.9 Å². The van der Waals surface area contributed by atoms with Gasteiger partial charge in [0.05, 0.1) is 18.8 Å². The number of allylic oxidation sites excluding steroid dienone is 4. The zero-order chi connectivity index (χ0) is 39.5. The van der Waals surface area contributed by atoms with Crippen molar-refractivity contribution in [1.29, 1.82) is 0 Å². The molecule has 3 aliphatic carbocycles. The fourth-order valence-electron chi connectivity index (χ4n) is 8.07. The molecule has 3 rings (SSSR count). The first-order valence-electron chi connectivity index (χ1n) is 20.3. The van der Waals surface area contributed by atoms with Crippen LogP contribution in [-0.2, 0) is 23.1 Å². The zero-order valence-corrected chi connectivity index (χ0v) is 37.9. The quantitative estimate of drug-likeness (QED) is 0.0806. The molecule has 3 aliphatic rings. The molecule has 0 aromatic rings. The second-order valence-electron chi connectivity index (χ2n) is 20.0. The predicted molar refractivity (Wildman–Crippen MR) is 222 cm³/mol. The summed E-state index contributed by atoms with van der Waals surface area (Å²) in [7, 11) is -4.01. The number of fused-ring (bicyclic) bond motifs is 1. The van der Waals surface area contributed by atoms with Crippen LogP contribution >= 0.6 is 0 Å². The van der Waals surface area contributed by atoms with Gasteiger partial charge < -0.3 is 18.3 Å². The Morgan fingerprint density at radius 2 is 1.58 bits per heavy atom. The molecule has 0 N–H and O–H groups in total. The van der Waals surface area contributed by atoms with Gasteiger partial charge in [-0.15, -0.1) is 0 Å². The van der Waals surface area contributed by atoms with Gasteiger partial charge in [0.25, 0.3) is 0 Å². The van der Waals surface area contributed by atoms with Crippen LogP contribution < -0.4 is 0 Å². The van der Waals surface area contributed by atoms with Crippen LogP contribution in [0, 0.1) is 23.2 Å². The molecule has 6 nitrogen and oxygen atoms in total. The van der Waals surface area contributed by atoms with Crippen LogP contribution in [0.15, 0.2) is 47.6 Å². The molecular weight excluding hydrogens is 681 g/mol. The normalized spacial score (nSPS) is 28.7. The third-order valence-electron chi connectivity index (χ3n) is 13.6. The summed E-state index contributed by atoms with van der Waals surface area (Å²) in [5, 5.41) is 0.254. The van der Waals surface area contributed by atoms with Crippen LogP contribution in [0.2, 0.25) is 36.3 Å². The number of carbonyl (C=O) groups is 2. The fraction of sp³-hybridized carbons (Fsp3) is 0.773. The van der Waals surface area contributed by atoms with Crippen LogP contribution in [0.3, 0.4) is 0 Å². The van der Waals surface area contributed by atoms with Gasteiger partial charge in [-0.2, -0.15) is 0 Å². The average molecular weight is 757 g/mol. The van der Waals surface area contributed by atoms with Crippen molar-refractivity contribution >= 4 is 28.6 Å². The highest BCUT2D eigenvalue weighted by Gasteiger charge is 2.50. The van der Waals surface area contributed by atoms with Gasteiger partial charge >= 0.3 is 6.16 Å². The lowest BCUT2D eigenvalue weighted by Gasteiger charge is -2.45. The molecule has 0 aromatic heterocycles. The fourth-order valence-corrected chi connectivity index (χ4v) is 10.7. The highest BCUT2D eigenvalue weighted by atomic mass is 28.4. The van der Waals surface area contributed by atoms with Gasteiger partial charge in [0.15, 0.2) is 28.0 Å². The average Bonchev–Trinajstić information content (AvgIpc) is 3.36. The molecule has 296 valence electrons. The van der Waals surface area contributed by atoms with Gasteiger partial charge in [-0.1, -0.05) is 99.1 Å². The van der Waals surface area contributed by atoms with E-state index < -0.39 is 28.4 Å². The molecule has 0 radical (unpaired) electrons. The zero-order valence-electron chi connectivity index (χ0n) is 35.9. The minimum atomic E-state index is -2.03. The van der Waals surface area contributed by atoms with E-state index in [2.05, 4.69) is 100 Å². The topological polar surface area (TPSA) is 71.1 Å². The number of ketones is 1. The molecule has 3 fully saturated rings. The molecule has 8 heteroatoms. The monoisotopic (exact) mass is 757 g/mol. The Morgan fingerprint density at radius 1 is 0.962 bits per heavy atom. The smallest absolute Gasteiger partial charge is 0.434 e. The van der Waals surface area contributed by atoms with Crippen molar-refractivity contribution in [3.8, 4) is 0 Å². The first kappa shape index (κ1) is 44.6. The van der Waals surface area contributed by atoms with Crippen LogP contribution in [0.25, 0.3) is 0 Å². The molecule has 0 saturated heterocycles. The van der Waals surface area contributed by atoms with Gasteiger partial charge in [-0.25, -0.2) is 4.79 Å². The molecular formula is C44H76O6Si2. The maximum atomic E-state index is 13.2. The van der Waals surface area contributed by atoms with Gasteiger partial charge in [0.1, 0.15) is 0 Å². The summed E-state index contributed by atoms with van der Waals surface area (Å²) in [6, 6.07) is 0. The third kappa shape index (κ3) is 10.7. The van der Waals surface area contributed by atoms with Crippen molar-refractivity contribution in [2.24, 2.45) is 23.2 Å². The van der Waals surface area contributed by atoms with Crippen molar-refractivity contribution in [3.63, 3.8) is 0 Å². The number of hydrogen-bond donors (Lipinski definition) is 0. The van der Waals surface area contributed by atoms with Crippen molar-refractivity contribution in [3.05, 3.63) is 47.6 Å². The molecule has 52 heavy (non-hydrogen) atoms. The molecule has 6 atom stereocenters. The lowest BCUT2D eigenvalue weighted by molar-refractivity contribution is -0.131. The van der Waals surface area contributed by atoms with Gasteiger partial charge in [-0.3, -0.25) is 4.79 Å². The number of hydrogen-bond acceptors (Lipinski definition) is 6. The highest BCUT2D eigenvalue weighted by molar-refractivity contribution is 6.74. The van der Waals surface area contributed by atoms with Crippen molar-refractivity contribution in [2.75, 3.05) is 6.61 Å². The summed E-state index contributed by atoms with van der Waals surface area (Å²) < 4.78 is 24.7. The second-order valence-corrected chi connectivity index (χ2v) is 29.5. The first-order valence-corrected chi connectivity index (χ1v) is 26.1. The molecule has 0 bridgehead atoms. The summed E-state index contributed by atoms with van der Waals surface area (Å²) in [5.41, 5.74) is 2.85. The Morgan fingerprint density at radius 3 is 2.17 bits per heavy atom. The number of ether oxygens (including phenoxy) is 2. The van der Waals surface area contributed by atoms with Crippen LogP contribution in [0.5, 0.6) is 0 Å². The first-order chi connectivity index (χ1) is 23.8. The summed E-state index contributed by atoms with van der Waals surface area (Å²) in [6.45, 7) is 38.3. The molecule has 0 spiro atoms. The molecule has 3 saturated carbocycles. The Kier molecular flexibility index (Phi) is 14.6. The predicted octanol–water partition coefficient (Wildman–Crippen LogP) is 12.7. The van der Waals surface area contributed by atoms with Gasteiger partial charge in [0, 0.05) is 6.42 Å². The summed E-state index contributed by atoms with van der Waals surface area (Å²) >= 11 is 0.